The Hall–Kier alpha value is -0.570. The van der Waals surface area contributed by atoms with Crippen LogP contribution in [0.4, 0.5) is 0 Å². The van der Waals surface area contributed by atoms with E-state index in [2.05, 4.69) is 17.6 Å². The first-order valence-electron chi connectivity index (χ1n) is 6.16. The van der Waals surface area contributed by atoms with Gasteiger partial charge in [-0.3, -0.25) is 4.79 Å². The van der Waals surface area contributed by atoms with E-state index in [4.69, 9.17) is 0 Å². The third kappa shape index (κ3) is 3.82. The average molecular weight is 212 g/mol. The SMILES string of the molecule is CCC(C)C(=O)NCC1NCCCC1C. The van der Waals surface area contributed by atoms with Crippen LogP contribution >= 0.6 is 0 Å². The molecule has 0 aromatic carbocycles. The third-order valence-electron chi connectivity index (χ3n) is 3.49. The molecule has 1 saturated heterocycles. The van der Waals surface area contributed by atoms with Crippen LogP contribution in [-0.4, -0.2) is 25.0 Å². The monoisotopic (exact) mass is 212 g/mol. The molecule has 2 N–H and O–H groups in total. The maximum atomic E-state index is 11.6. The highest BCUT2D eigenvalue weighted by Crippen LogP contribution is 2.14. The standard InChI is InChI=1S/C12H24N2O/c1-4-9(2)12(15)14-8-11-10(3)6-5-7-13-11/h9-11,13H,4-8H2,1-3H3,(H,14,15). The van der Waals surface area contributed by atoms with E-state index in [1.807, 2.05) is 13.8 Å². The van der Waals surface area contributed by atoms with E-state index in [1.165, 1.54) is 12.8 Å². The molecule has 1 aliphatic rings. The van der Waals surface area contributed by atoms with Gasteiger partial charge in [0, 0.05) is 18.5 Å². The van der Waals surface area contributed by atoms with Crippen molar-refractivity contribution in [1.29, 1.82) is 0 Å². The summed E-state index contributed by atoms with van der Waals surface area (Å²) in [6.07, 6.45) is 3.45. The molecule has 0 spiro atoms. The molecule has 0 radical (unpaired) electrons. The first kappa shape index (κ1) is 12.5. The molecule has 3 heteroatoms. The third-order valence-corrected chi connectivity index (χ3v) is 3.49. The van der Waals surface area contributed by atoms with Crippen LogP contribution in [0, 0.1) is 11.8 Å². The highest BCUT2D eigenvalue weighted by Gasteiger charge is 2.21. The van der Waals surface area contributed by atoms with Crippen molar-refractivity contribution < 1.29 is 4.79 Å². The molecule has 1 rings (SSSR count). The lowest BCUT2D eigenvalue weighted by molar-refractivity contribution is -0.124. The van der Waals surface area contributed by atoms with Crippen LogP contribution in [0.3, 0.4) is 0 Å². The van der Waals surface area contributed by atoms with Gasteiger partial charge in [0.2, 0.25) is 5.91 Å². The Labute approximate surface area is 93.0 Å². The van der Waals surface area contributed by atoms with Crippen molar-refractivity contribution in [3.05, 3.63) is 0 Å². The summed E-state index contributed by atoms with van der Waals surface area (Å²) in [5, 5.41) is 6.50. The van der Waals surface area contributed by atoms with Gasteiger partial charge in [0.15, 0.2) is 0 Å². The largest absolute Gasteiger partial charge is 0.354 e. The van der Waals surface area contributed by atoms with Crippen LogP contribution < -0.4 is 10.6 Å². The molecule has 0 aromatic heterocycles. The van der Waals surface area contributed by atoms with Gasteiger partial charge < -0.3 is 10.6 Å². The highest BCUT2D eigenvalue weighted by atomic mass is 16.1. The molecule has 1 amide bonds. The second-order valence-corrected chi connectivity index (χ2v) is 4.73. The molecule has 3 nitrogen and oxygen atoms in total. The van der Waals surface area contributed by atoms with E-state index in [-0.39, 0.29) is 11.8 Å². The summed E-state index contributed by atoms with van der Waals surface area (Å²) in [6.45, 7) is 8.16. The molecular formula is C12H24N2O. The molecule has 3 atom stereocenters. The molecule has 0 aliphatic carbocycles. The zero-order valence-electron chi connectivity index (χ0n) is 10.2. The van der Waals surface area contributed by atoms with Crippen molar-refractivity contribution in [2.45, 2.75) is 46.1 Å². The summed E-state index contributed by atoms with van der Waals surface area (Å²) in [5.41, 5.74) is 0. The summed E-state index contributed by atoms with van der Waals surface area (Å²) in [7, 11) is 0. The molecule has 0 aromatic rings. The maximum Gasteiger partial charge on any atom is 0.222 e. The fourth-order valence-electron chi connectivity index (χ4n) is 1.96. The van der Waals surface area contributed by atoms with Gasteiger partial charge in [-0.15, -0.1) is 0 Å². The quantitative estimate of drug-likeness (QED) is 0.742. The molecule has 1 fully saturated rings. The number of nitrogens with one attached hydrogen (secondary N) is 2. The van der Waals surface area contributed by atoms with E-state index in [0.717, 1.165) is 19.5 Å². The lowest BCUT2D eigenvalue weighted by atomic mass is 9.92. The van der Waals surface area contributed by atoms with Crippen LogP contribution in [0.25, 0.3) is 0 Å². The minimum Gasteiger partial charge on any atom is -0.354 e. The van der Waals surface area contributed by atoms with Crippen LogP contribution in [0.2, 0.25) is 0 Å². The number of hydrogen-bond acceptors (Lipinski definition) is 2. The second kappa shape index (κ2) is 6.11. The molecule has 3 unspecified atom stereocenters. The molecule has 0 saturated carbocycles. The Morgan fingerprint density at radius 1 is 1.60 bits per heavy atom. The summed E-state index contributed by atoms with van der Waals surface area (Å²) in [4.78, 5) is 11.6. The first-order valence-corrected chi connectivity index (χ1v) is 6.16. The Morgan fingerprint density at radius 3 is 2.93 bits per heavy atom. The Kier molecular flexibility index (Phi) is 5.09. The fourth-order valence-corrected chi connectivity index (χ4v) is 1.96. The summed E-state index contributed by atoms with van der Waals surface area (Å²) in [6, 6.07) is 0.465. The van der Waals surface area contributed by atoms with E-state index in [9.17, 15) is 4.79 Å². The number of carbonyl (C=O) groups excluding carboxylic acids is 1. The van der Waals surface area contributed by atoms with Gasteiger partial charge in [-0.25, -0.2) is 0 Å². The molecule has 15 heavy (non-hydrogen) atoms. The van der Waals surface area contributed by atoms with Gasteiger partial charge in [0.25, 0.3) is 0 Å². The number of piperidine rings is 1. The van der Waals surface area contributed by atoms with Gasteiger partial charge in [-0.2, -0.15) is 0 Å². The minimum atomic E-state index is 0.142. The van der Waals surface area contributed by atoms with Crippen LogP contribution in [0.15, 0.2) is 0 Å². The molecule has 1 aliphatic heterocycles. The maximum absolute atomic E-state index is 11.6. The lowest BCUT2D eigenvalue weighted by Crippen LogP contribution is -2.48. The normalized spacial score (nSPS) is 28.5. The van der Waals surface area contributed by atoms with Crippen molar-refractivity contribution in [2.24, 2.45) is 11.8 Å². The van der Waals surface area contributed by atoms with Gasteiger partial charge in [-0.1, -0.05) is 20.8 Å². The second-order valence-electron chi connectivity index (χ2n) is 4.73. The van der Waals surface area contributed by atoms with Crippen molar-refractivity contribution in [3.8, 4) is 0 Å². The van der Waals surface area contributed by atoms with Gasteiger partial charge >= 0.3 is 0 Å². The Bertz CT molecular complexity index is 206. The predicted molar refractivity (Wildman–Crippen MR) is 62.7 cm³/mol. The van der Waals surface area contributed by atoms with Crippen LogP contribution in [0.5, 0.6) is 0 Å². The number of rotatable bonds is 4. The zero-order valence-corrected chi connectivity index (χ0v) is 10.2. The summed E-state index contributed by atoms with van der Waals surface area (Å²) in [5.74, 6) is 1.01. The smallest absolute Gasteiger partial charge is 0.222 e. The number of carbonyl (C=O) groups is 1. The van der Waals surface area contributed by atoms with Gasteiger partial charge in [0.05, 0.1) is 0 Å². The summed E-state index contributed by atoms with van der Waals surface area (Å²) < 4.78 is 0. The first-order chi connectivity index (χ1) is 7.15. The van der Waals surface area contributed by atoms with Crippen LogP contribution in [-0.2, 0) is 4.79 Å². The lowest BCUT2D eigenvalue weighted by Gasteiger charge is -2.30. The molecular weight excluding hydrogens is 188 g/mol. The van der Waals surface area contributed by atoms with Crippen molar-refractivity contribution in [3.63, 3.8) is 0 Å². The van der Waals surface area contributed by atoms with Crippen LogP contribution in [0.1, 0.15) is 40.0 Å². The van der Waals surface area contributed by atoms with E-state index in [1.54, 1.807) is 0 Å². The van der Waals surface area contributed by atoms with Gasteiger partial charge in [0.1, 0.15) is 0 Å². The molecule has 88 valence electrons. The number of amides is 1. The summed E-state index contributed by atoms with van der Waals surface area (Å²) >= 11 is 0. The zero-order chi connectivity index (χ0) is 11.3. The average Bonchev–Trinajstić information content (AvgIpc) is 2.26. The van der Waals surface area contributed by atoms with Crippen molar-refractivity contribution in [2.75, 3.05) is 13.1 Å². The highest BCUT2D eigenvalue weighted by molar-refractivity contribution is 5.78. The van der Waals surface area contributed by atoms with Crippen molar-refractivity contribution >= 4 is 5.91 Å². The fraction of sp³-hybridized carbons (Fsp3) is 0.917. The topological polar surface area (TPSA) is 41.1 Å². The van der Waals surface area contributed by atoms with E-state index in [0.29, 0.717) is 12.0 Å². The van der Waals surface area contributed by atoms with Crippen molar-refractivity contribution in [1.82, 2.24) is 10.6 Å². The predicted octanol–water partition coefficient (Wildman–Crippen LogP) is 1.54. The Morgan fingerprint density at radius 2 is 2.33 bits per heavy atom. The molecule has 1 heterocycles. The molecule has 0 bridgehead atoms. The van der Waals surface area contributed by atoms with Gasteiger partial charge in [-0.05, 0) is 31.7 Å². The minimum absolute atomic E-state index is 0.142. The Balaban J connectivity index is 2.26. The number of hydrogen-bond donors (Lipinski definition) is 2. The van der Waals surface area contributed by atoms with E-state index >= 15 is 0 Å². The van der Waals surface area contributed by atoms with E-state index < -0.39 is 0 Å².